The summed E-state index contributed by atoms with van der Waals surface area (Å²) in [4.78, 5) is 0. The molecule has 1 aromatic rings. The second-order valence-corrected chi connectivity index (χ2v) is 15.3. The van der Waals surface area contributed by atoms with Crippen LogP contribution in [0, 0.1) is 0 Å². The summed E-state index contributed by atoms with van der Waals surface area (Å²) in [5, 5.41) is 0.197. The SMILES string of the molecule is COc1ccc(COCC[C@@H]2CC=C[C@@H](C[C@@H](C[C@H]3CO3)O[Si](C)(C)C(C)(C)C)O2)cc1. The number of methoxy groups -OCH3 is 1. The van der Waals surface area contributed by atoms with E-state index in [-0.39, 0.29) is 23.4 Å². The van der Waals surface area contributed by atoms with Crippen molar-refractivity contribution in [2.24, 2.45) is 0 Å². The highest BCUT2D eigenvalue weighted by Gasteiger charge is 2.41. The van der Waals surface area contributed by atoms with E-state index in [2.05, 4.69) is 46.0 Å². The van der Waals surface area contributed by atoms with Gasteiger partial charge in [0.1, 0.15) is 5.75 Å². The van der Waals surface area contributed by atoms with Crippen molar-refractivity contribution in [3.8, 4) is 5.75 Å². The molecule has 1 aromatic carbocycles. The van der Waals surface area contributed by atoms with Gasteiger partial charge in [0, 0.05) is 19.4 Å². The molecule has 6 heteroatoms. The molecule has 0 aromatic heterocycles. The fourth-order valence-electron chi connectivity index (χ4n) is 3.72. The highest BCUT2D eigenvalue weighted by Crippen LogP contribution is 2.39. The van der Waals surface area contributed by atoms with Crippen molar-refractivity contribution in [1.82, 2.24) is 0 Å². The number of ether oxygens (including phenoxy) is 4. The van der Waals surface area contributed by atoms with E-state index in [1.807, 2.05) is 24.3 Å². The van der Waals surface area contributed by atoms with Gasteiger partial charge in [0.2, 0.25) is 0 Å². The first-order valence-electron chi connectivity index (χ1n) is 12.0. The van der Waals surface area contributed by atoms with Crippen LogP contribution >= 0.6 is 0 Å². The summed E-state index contributed by atoms with van der Waals surface area (Å²) in [5.74, 6) is 0.867. The molecule has 0 amide bonds. The van der Waals surface area contributed by atoms with Gasteiger partial charge in [0.15, 0.2) is 8.32 Å². The van der Waals surface area contributed by atoms with Gasteiger partial charge in [0.25, 0.3) is 0 Å². The molecule has 1 saturated heterocycles. The fraction of sp³-hybridized carbons (Fsp3) is 0.692. The van der Waals surface area contributed by atoms with Crippen molar-refractivity contribution in [3.63, 3.8) is 0 Å². The number of rotatable bonds is 12. The highest BCUT2D eigenvalue weighted by molar-refractivity contribution is 6.74. The lowest BCUT2D eigenvalue weighted by Gasteiger charge is -2.40. The Hall–Kier alpha value is -1.18. The van der Waals surface area contributed by atoms with Crippen molar-refractivity contribution in [1.29, 1.82) is 0 Å². The van der Waals surface area contributed by atoms with E-state index >= 15 is 0 Å². The summed E-state index contributed by atoms with van der Waals surface area (Å²) in [6.45, 7) is 13.7. The van der Waals surface area contributed by atoms with Crippen LogP contribution in [0.1, 0.15) is 52.0 Å². The maximum absolute atomic E-state index is 6.77. The van der Waals surface area contributed by atoms with E-state index in [0.717, 1.165) is 43.6 Å². The van der Waals surface area contributed by atoms with Gasteiger partial charge in [-0.25, -0.2) is 0 Å². The van der Waals surface area contributed by atoms with Crippen LogP contribution in [0.2, 0.25) is 18.1 Å². The normalized spacial score (nSPS) is 24.4. The highest BCUT2D eigenvalue weighted by atomic mass is 28.4. The lowest BCUT2D eigenvalue weighted by Crippen LogP contribution is -2.45. The molecule has 2 aliphatic heterocycles. The maximum Gasteiger partial charge on any atom is 0.192 e. The van der Waals surface area contributed by atoms with E-state index in [1.165, 1.54) is 0 Å². The number of epoxide rings is 1. The van der Waals surface area contributed by atoms with E-state index in [4.69, 9.17) is 23.4 Å². The van der Waals surface area contributed by atoms with Gasteiger partial charge >= 0.3 is 0 Å². The zero-order valence-corrected chi connectivity index (χ0v) is 21.8. The maximum atomic E-state index is 6.77. The quantitative estimate of drug-likeness (QED) is 0.168. The van der Waals surface area contributed by atoms with Crippen molar-refractivity contribution in [2.45, 2.75) is 95.6 Å². The van der Waals surface area contributed by atoms with Gasteiger partial charge in [-0.15, -0.1) is 0 Å². The summed E-state index contributed by atoms with van der Waals surface area (Å²) in [6.07, 6.45) is 9.03. The zero-order chi connectivity index (χ0) is 23.2. The van der Waals surface area contributed by atoms with Gasteiger partial charge in [-0.3, -0.25) is 0 Å². The summed E-state index contributed by atoms with van der Waals surface area (Å²) in [6, 6.07) is 8.02. The third-order valence-corrected chi connectivity index (χ3v) is 11.4. The second-order valence-electron chi connectivity index (χ2n) is 10.6. The zero-order valence-electron chi connectivity index (χ0n) is 20.8. The third kappa shape index (κ3) is 7.99. The summed E-state index contributed by atoms with van der Waals surface area (Å²) < 4.78 is 29.8. The van der Waals surface area contributed by atoms with Crippen LogP contribution in [-0.2, 0) is 25.2 Å². The predicted octanol–water partition coefficient (Wildman–Crippen LogP) is 5.89. The molecule has 0 aliphatic carbocycles. The van der Waals surface area contributed by atoms with Crippen molar-refractivity contribution >= 4 is 8.32 Å². The van der Waals surface area contributed by atoms with Gasteiger partial charge in [-0.2, -0.15) is 0 Å². The van der Waals surface area contributed by atoms with Crippen molar-refractivity contribution in [2.75, 3.05) is 20.3 Å². The van der Waals surface area contributed by atoms with E-state index in [1.54, 1.807) is 7.11 Å². The minimum atomic E-state index is -1.84. The summed E-state index contributed by atoms with van der Waals surface area (Å²) in [7, 11) is -0.157. The smallest absolute Gasteiger partial charge is 0.192 e. The average Bonchev–Trinajstić information content (AvgIpc) is 3.55. The van der Waals surface area contributed by atoms with Crippen LogP contribution < -0.4 is 4.74 Å². The molecule has 4 atom stereocenters. The molecule has 2 aliphatic rings. The molecule has 1 fully saturated rings. The van der Waals surface area contributed by atoms with Crippen LogP contribution in [0.3, 0.4) is 0 Å². The largest absolute Gasteiger partial charge is 0.497 e. The molecule has 0 radical (unpaired) electrons. The third-order valence-electron chi connectivity index (χ3n) is 6.82. The Bertz CT molecular complexity index is 721. The minimum absolute atomic E-state index is 0.101. The van der Waals surface area contributed by atoms with Gasteiger partial charge in [-0.05, 0) is 48.7 Å². The summed E-state index contributed by atoms with van der Waals surface area (Å²) >= 11 is 0. The Kier molecular flexibility index (Phi) is 8.98. The van der Waals surface area contributed by atoms with E-state index < -0.39 is 8.32 Å². The van der Waals surface area contributed by atoms with Crippen LogP contribution in [0.5, 0.6) is 5.75 Å². The Morgan fingerprint density at radius 3 is 2.44 bits per heavy atom. The molecule has 0 unspecified atom stereocenters. The number of benzene rings is 1. The molecule has 0 N–H and O–H groups in total. The topological polar surface area (TPSA) is 49.5 Å². The first-order chi connectivity index (χ1) is 15.2. The standard InChI is InChI=1S/C26H42O5Si/c1-26(2,3)32(5,6)31-24(17-25-19-29-25)16-23-9-7-8-22(30-23)14-15-28-18-20-10-12-21(27-4)13-11-20/h7,9-13,22-25H,8,14-19H2,1-6H3/t22-,23-,24-,25-/m0/s1. The molecule has 0 bridgehead atoms. The predicted molar refractivity (Wildman–Crippen MR) is 131 cm³/mol. The van der Waals surface area contributed by atoms with Crippen LogP contribution in [0.25, 0.3) is 0 Å². The second kappa shape index (κ2) is 11.3. The van der Waals surface area contributed by atoms with Gasteiger partial charge < -0.3 is 23.4 Å². The lowest BCUT2D eigenvalue weighted by molar-refractivity contribution is -0.0342. The molecule has 5 nitrogen and oxygen atoms in total. The van der Waals surface area contributed by atoms with Gasteiger partial charge in [-0.1, -0.05) is 45.1 Å². The molecule has 2 heterocycles. The molecule has 3 rings (SSSR count). The molecular weight excluding hydrogens is 420 g/mol. The molecular formula is C26H42O5Si. The van der Waals surface area contributed by atoms with Gasteiger partial charge in [0.05, 0.1) is 44.7 Å². The van der Waals surface area contributed by atoms with Crippen LogP contribution in [0.15, 0.2) is 36.4 Å². The van der Waals surface area contributed by atoms with E-state index in [9.17, 15) is 0 Å². The molecule has 0 spiro atoms. The Morgan fingerprint density at radius 2 is 1.81 bits per heavy atom. The molecule has 32 heavy (non-hydrogen) atoms. The Morgan fingerprint density at radius 1 is 1.09 bits per heavy atom. The first-order valence-corrected chi connectivity index (χ1v) is 14.9. The fourth-order valence-corrected chi connectivity index (χ4v) is 5.10. The lowest BCUT2D eigenvalue weighted by atomic mass is 10.0. The van der Waals surface area contributed by atoms with Crippen LogP contribution in [0.4, 0.5) is 0 Å². The molecule has 180 valence electrons. The summed E-state index contributed by atoms with van der Waals surface area (Å²) in [5.41, 5.74) is 1.15. The average molecular weight is 463 g/mol. The first kappa shape index (κ1) is 25.4. The monoisotopic (exact) mass is 462 g/mol. The Balaban J connectivity index is 1.44. The van der Waals surface area contributed by atoms with Crippen molar-refractivity contribution in [3.05, 3.63) is 42.0 Å². The van der Waals surface area contributed by atoms with Crippen LogP contribution in [-0.4, -0.2) is 53.1 Å². The van der Waals surface area contributed by atoms with Crippen molar-refractivity contribution < 1.29 is 23.4 Å². The molecule has 0 saturated carbocycles. The number of hydrogen-bond donors (Lipinski definition) is 0. The Labute approximate surface area is 195 Å². The van der Waals surface area contributed by atoms with E-state index in [0.29, 0.717) is 19.3 Å². The minimum Gasteiger partial charge on any atom is -0.497 e. The number of hydrogen-bond acceptors (Lipinski definition) is 5.